The summed E-state index contributed by atoms with van der Waals surface area (Å²) in [6.07, 6.45) is 1.25. The van der Waals surface area contributed by atoms with Crippen molar-refractivity contribution in [3.8, 4) is 0 Å². The summed E-state index contributed by atoms with van der Waals surface area (Å²) in [6.45, 7) is 1.49. The van der Waals surface area contributed by atoms with Crippen molar-refractivity contribution in [2.75, 3.05) is 26.8 Å². The van der Waals surface area contributed by atoms with Gasteiger partial charge in [0.25, 0.3) is 0 Å². The van der Waals surface area contributed by atoms with Crippen LogP contribution in [0.5, 0.6) is 0 Å². The Hall–Kier alpha value is -1.34. The van der Waals surface area contributed by atoms with Gasteiger partial charge in [0.15, 0.2) is 5.96 Å². The first-order valence-electron chi connectivity index (χ1n) is 5.18. The van der Waals surface area contributed by atoms with Crippen LogP contribution in [0.4, 0.5) is 0 Å². The minimum atomic E-state index is -0.523. The summed E-state index contributed by atoms with van der Waals surface area (Å²) in [5.74, 6) is -0.252. The van der Waals surface area contributed by atoms with Crippen molar-refractivity contribution in [1.29, 1.82) is 5.41 Å². The summed E-state index contributed by atoms with van der Waals surface area (Å²) in [5, 5.41) is 12.2. The van der Waals surface area contributed by atoms with Crippen molar-refractivity contribution in [2.45, 2.75) is 18.9 Å². The smallest absolute Gasteiger partial charge is 0.236 e. The van der Waals surface area contributed by atoms with Gasteiger partial charge < -0.3 is 26.8 Å². The third kappa shape index (κ3) is 8.01. The number of hydrogen-bond acceptors (Lipinski definition) is 4. The van der Waals surface area contributed by atoms with Crippen molar-refractivity contribution >= 4 is 11.9 Å². The number of guanidine groups is 1. The first-order chi connectivity index (χ1) is 7.57. The van der Waals surface area contributed by atoms with Crippen LogP contribution in [0.2, 0.25) is 0 Å². The minimum Gasteiger partial charge on any atom is -0.383 e. The summed E-state index contributed by atoms with van der Waals surface area (Å²) in [5.41, 5.74) is 10.7. The Kier molecular flexibility index (Phi) is 8.18. The molecule has 0 saturated heterocycles. The number of carbonyl (C=O) groups excluding carboxylic acids is 1. The third-order valence-electron chi connectivity index (χ3n) is 1.95. The van der Waals surface area contributed by atoms with E-state index in [0.29, 0.717) is 32.5 Å². The van der Waals surface area contributed by atoms with Gasteiger partial charge in [-0.05, 0) is 12.8 Å². The topological polar surface area (TPSA) is 126 Å². The molecule has 0 aromatic carbocycles. The van der Waals surface area contributed by atoms with E-state index in [9.17, 15) is 4.79 Å². The molecule has 7 N–H and O–H groups in total. The third-order valence-corrected chi connectivity index (χ3v) is 1.95. The van der Waals surface area contributed by atoms with E-state index in [1.807, 2.05) is 0 Å². The van der Waals surface area contributed by atoms with E-state index in [1.54, 1.807) is 7.11 Å². The number of nitrogens with two attached hydrogens (primary N) is 2. The molecular formula is C9H21N5O2. The average Bonchev–Trinajstić information content (AvgIpc) is 2.24. The van der Waals surface area contributed by atoms with Crippen LogP contribution in [0.1, 0.15) is 12.8 Å². The van der Waals surface area contributed by atoms with Crippen molar-refractivity contribution in [3.63, 3.8) is 0 Å². The molecule has 0 heterocycles. The molecule has 7 heteroatoms. The van der Waals surface area contributed by atoms with Crippen LogP contribution in [0.15, 0.2) is 0 Å². The molecule has 1 atom stereocenters. The number of nitrogens with one attached hydrogen (secondary N) is 3. The molecule has 94 valence electrons. The highest BCUT2D eigenvalue weighted by atomic mass is 16.5. The quantitative estimate of drug-likeness (QED) is 0.194. The standard InChI is InChI=1S/C9H21N5O2/c1-16-6-5-13-8(15)7(10)3-2-4-14-9(11)12/h7H,2-6,10H2,1H3,(H,13,15)(H4,11,12,14)/t7-/m0/s1. The second kappa shape index (κ2) is 8.93. The van der Waals surface area contributed by atoms with Gasteiger partial charge in [0, 0.05) is 20.2 Å². The Balaban J connectivity index is 3.51. The van der Waals surface area contributed by atoms with Crippen LogP contribution in [-0.4, -0.2) is 44.7 Å². The van der Waals surface area contributed by atoms with E-state index in [-0.39, 0.29) is 11.9 Å². The normalized spacial score (nSPS) is 11.9. The Morgan fingerprint density at radius 1 is 1.44 bits per heavy atom. The van der Waals surface area contributed by atoms with Crippen LogP contribution in [0.3, 0.4) is 0 Å². The van der Waals surface area contributed by atoms with E-state index in [4.69, 9.17) is 21.6 Å². The van der Waals surface area contributed by atoms with E-state index < -0.39 is 6.04 Å². The van der Waals surface area contributed by atoms with Gasteiger partial charge in [0.05, 0.1) is 12.6 Å². The van der Waals surface area contributed by atoms with Crippen LogP contribution in [0.25, 0.3) is 0 Å². The highest BCUT2D eigenvalue weighted by molar-refractivity contribution is 5.81. The lowest BCUT2D eigenvalue weighted by Gasteiger charge is -2.12. The van der Waals surface area contributed by atoms with Gasteiger partial charge in [-0.15, -0.1) is 0 Å². The number of ether oxygens (including phenoxy) is 1. The van der Waals surface area contributed by atoms with Gasteiger partial charge in [-0.3, -0.25) is 10.2 Å². The zero-order chi connectivity index (χ0) is 12.4. The molecule has 0 aromatic rings. The lowest BCUT2D eigenvalue weighted by atomic mass is 10.1. The second-order valence-electron chi connectivity index (χ2n) is 3.37. The van der Waals surface area contributed by atoms with Gasteiger partial charge in [0.2, 0.25) is 5.91 Å². The summed E-state index contributed by atoms with van der Waals surface area (Å²) < 4.78 is 4.79. The fraction of sp³-hybridized carbons (Fsp3) is 0.778. The predicted octanol–water partition coefficient (Wildman–Crippen LogP) is -1.66. The van der Waals surface area contributed by atoms with E-state index in [0.717, 1.165) is 0 Å². The molecule has 0 saturated carbocycles. The maximum absolute atomic E-state index is 11.4. The van der Waals surface area contributed by atoms with Crippen LogP contribution in [-0.2, 0) is 9.53 Å². The van der Waals surface area contributed by atoms with Crippen LogP contribution < -0.4 is 22.1 Å². The van der Waals surface area contributed by atoms with Crippen LogP contribution in [0, 0.1) is 5.41 Å². The first-order valence-corrected chi connectivity index (χ1v) is 5.18. The number of hydrogen-bond donors (Lipinski definition) is 5. The Bertz CT molecular complexity index is 222. The summed E-state index contributed by atoms with van der Waals surface area (Å²) in [4.78, 5) is 11.4. The maximum Gasteiger partial charge on any atom is 0.236 e. The van der Waals surface area contributed by atoms with Gasteiger partial charge in [0.1, 0.15) is 0 Å². The van der Waals surface area contributed by atoms with Crippen molar-refractivity contribution in [3.05, 3.63) is 0 Å². The van der Waals surface area contributed by atoms with Gasteiger partial charge in [-0.1, -0.05) is 0 Å². The Labute approximate surface area is 95.4 Å². The number of carbonyl (C=O) groups is 1. The molecule has 1 amide bonds. The Morgan fingerprint density at radius 2 is 2.12 bits per heavy atom. The fourth-order valence-corrected chi connectivity index (χ4v) is 1.08. The highest BCUT2D eigenvalue weighted by Crippen LogP contribution is 1.93. The molecule has 7 nitrogen and oxygen atoms in total. The van der Waals surface area contributed by atoms with E-state index >= 15 is 0 Å². The molecule has 0 fully saturated rings. The van der Waals surface area contributed by atoms with Gasteiger partial charge in [-0.2, -0.15) is 0 Å². The zero-order valence-corrected chi connectivity index (χ0v) is 9.58. The molecular weight excluding hydrogens is 210 g/mol. The summed E-state index contributed by atoms with van der Waals surface area (Å²) >= 11 is 0. The SMILES string of the molecule is COCCNC(=O)[C@@H](N)CCCNC(=N)N. The number of rotatable bonds is 8. The fourth-order valence-electron chi connectivity index (χ4n) is 1.08. The average molecular weight is 231 g/mol. The largest absolute Gasteiger partial charge is 0.383 e. The van der Waals surface area contributed by atoms with Gasteiger partial charge >= 0.3 is 0 Å². The highest BCUT2D eigenvalue weighted by Gasteiger charge is 2.11. The molecule has 0 unspecified atom stereocenters. The monoisotopic (exact) mass is 231 g/mol. The first kappa shape index (κ1) is 14.7. The zero-order valence-electron chi connectivity index (χ0n) is 9.58. The molecule has 0 rings (SSSR count). The summed E-state index contributed by atoms with van der Waals surface area (Å²) in [7, 11) is 1.57. The van der Waals surface area contributed by atoms with Crippen molar-refractivity contribution in [2.24, 2.45) is 11.5 Å². The maximum atomic E-state index is 11.4. The van der Waals surface area contributed by atoms with E-state index in [2.05, 4.69) is 10.6 Å². The lowest BCUT2D eigenvalue weighted by molar-refractivity contribution is -0.122. The van der Waals surface area contributed by atoms with Crippen molar-refractivity contribution < 1.29 is 9.53 Å². The molecule has 0 aliphatic carbocycles. The van der Waals surface area contributed by atoms with Gasteiger partial charge in [-0.25, -0.2) is 0 Å². The second-order valence-corrected chi connectivity index (χ2v) is 3.37. The molecule has 0 bridgehead atoms. The van der Waals surface area contributed by atoms with Crippen molar-refractivity contribution in [1.82, 2.24) is 10.6 Å². The molecule has 0 aromatic heterocycles. The van der Waals surface area contributed by atoms with Crippen LogP contribution >= 0.6 is 0 Å². The minimum absolute atomic E-state index is 0.0712. The lowest BCUT2D eigenvalue weighted by Crippen LogP contribution is -2.42. The molecule has 0 aliphatic rings. The molecule has 0 spiro atoms. The number of methoxy groups -OCH3 is 1. The molecule has 0 aliphatic heterocycles. The van der Waals surface area contributed by atoms with E-state index in [1.165, 1.54) is 0 Å². The predicted molar refractivity (Wildman–Crippen MR) is 62.0 cm³/mol. The number of amides is 1. The molecule has 16 heavy (non-hydrogen) atoms. The summed E-state index contributed by atoms with van der Waals surface area (Å²) in [6, 6.07) is -0.523. The Morgan fingerprint density at radius 3 is 2.69 bits per heavy atom. The molecule has 0 radical (unpaired) electrons.